The molecule has 0 bridgehead atoms. The number of hydrogen-bond acceptors (Lipinski definition) is 0. The van der Waals surface area contributed by atoms with Gasteiger partial charge in [0, 0.05) is 0 Å². The molecule has 1 aliphatic carbocycles. The molecule has 0 N–H and O–H groups in total. The van der Waals surface area contributed by atoms with E-state index in [9.17, 15) is 0 Å². The van der Waals surface area contributed by atoms with Crippen LogP contribution in [0.2, 0.25) is 0 Å². The van der Waals surface area contributed by atoms with Crippen LogP contribution in [0.25, 0.3) is 0 Å². The average molecular weight is 273 g/mol. The van der Waals surface area contributed by atoms with Crippen LogP contribution in [0.3, 0.4) is 0 Å². The van der Waals surface area contributed by atoms with Crippen LogP contribution in [0.4, 0.5) is 0 Å². The zero-order chi connectivity index (χ0) is 10.2. The molecule has 1 aliphatic heterocycles. The zero-order valence-electron chi connectivity index (χ0n) is 9.02. The average Bonchev–Trinajstić information content (AvgIpc) is 2.69. The Labute approximate surface area is 96.0 Å². The summed E-state index contributed by atoms with van der Waals surface area (Å²) in [5.41, 5.74) is 2.78. The summed E-state index contributed by atoms with van der Waals surface area (Å²) in [6, 6.07) is 0. The minimum absolute atomic E-state index is 0.770. The number of hydrogen-bond donors (Lipinski definition) is 0. The van der Waals surface area contributed by atoms with Crippen LogP contribution in [0.1, 0.15) is 33.1 Å². The second kappa shape index (κ2) is 4.12. The van der Waals surface area contributed by atoms with Gasteiger partial charge in [0.15, 0.2) is 0 Å². The molecule has 2 aliphatic rings. The molecule has 0 amide bonds. The summed E-state index contributed by atoms with van der Waals surface area (Å²) < 4.78 is 0. The van der Waals surface area contributed by atoms with Crippen molar-refractivity contribution in [2.75, 3.05) is 0 Å². The molecule has 0 aromatic heterocycles. The first-order valence-electron chi connectivity index (χ1n) is 5.67. The van der Waals surface area contributed by atoms with Gasteiger partial charge in [0.25, 0.3) is 0 Å². The van der Waals surface area contributed by atoms with E-state index in [-0.39, 0.29) is 0 Å². The standard InChI is InChI=1S/C12H19PSe/c1-3-10-9-11(4-2)13(10,14)12-7-5-6-8-12/h5-8,10-12H,3-4,9H2,1-2H3. The van der Waals surface area contributed by atoms with Crippen molar-refractivity contribution in [3.8, 4) is 0 Å². The summed E-state index contributed by atoms with van der Waals surface area (Å²) in [6.45, 7) is 4.70. The zero-order valence-corrected chi connectivity index (χ0v) is 11.6. The van der Waals surface area contributed by atoms with Crippen LogP contribution >= 0.6 is 5.95 Å². The first kappa shape index (κ1) is 10.9. The Hall–Kier alpha value is 0.429. The molecule has 2 rings (SSSR count). The summed E-state index contributed by atoms with van der Waals surface area (Å²) in [5, 5.41) is 0. The molecule has 0 radical (unpaired) electrons. The molecule has 78 valence electrons. The Bertz CT molecular complexity index is 247. The summed E-state index contributed by atoms with van der Waals surface area (Å²) in [5.74, 6) is -0.809. The van der Waals surface area contributed by atoms with Gasteiger partial charge < -0.3 is 0 Å². The Balaban J connectivity index is 2.17. The van der Waals surface area contributed by atoms with Crippen molar-refractivity contribution in [1.82, 2.24) is 0 Å². The topological polar surface area (TPSA) is 0 Å². The van der Waals surface area contributed by atoms with Gasteiger partial charge in [-0.05, 0) is 0 Å². The Morgan fingerprint density at radius 3 is 2.07 bits per heavy atom. The van der Waals surface area contributed by atoms with Gasteiger partial charge >= 0.3 is 95.9 Å². The van der Waals surface area contributed by atoms with E-state index in [0.29, 0.717) is 0 Å². The maximum absolute atomic E-state index is 3.64. The van der Waals surface area contributed by atoms with Crippen LogP contribution in [-0.2, 0) is 0 Å². The number of rotatable bonds is 3. The van der Waals surface area contributed by atoms with Crippen molar-refractivity contribution >= 4 is 21.5 Å². The van der Waals surface area contributed by atoms with Gasteiger partial charge in [0.1, 0.15) is 0 Å². The van der Waals surface area contributed by atoms with Crippen molar-refractivity contribution in [1.29, 1.82) is 0 Å². The van der Waals surface area contributed by atoms with Gasteiger partial charge in [-0.3, -0.25) is 0 Å². The molecular formula is C12H19PSe. The van der Waals surface area contributed by atoms with Crippen molar-refractivity contribution in [2.45, 2.75) is 50.1 Å². The van der Waals surface area contributed by atoms with Crippen LogP contribution < -0.4 is 0 Å². The third-order valence-electron chi connectivity index (χ3n) is 3.82. The molecule has 0 aromatic rings. The predicted molar refractivity (Wildman–Crippen MR) is 67.5 cm³/mol. The van der Waals surface area contributed by atoms with Gasteiger partial charge in [-0.1, -0.05) is 0 Å². The molecule has 0 nitrogen and oxygen atoms in total. The second-order valence-corrected chi connectivity index (χ2v) is 11.9. The molecule has 2 unspecified atom stereocenters. The Morgan fingerprint density at radius 1 is 1.14 bits per heavy atom. The quantitative estimate of drug-likeness (QED) is 0.545. The first-order chi connectivity index (χ1) is 6.73. The van der Waals surface area contributed by atoms with Crippen LogP contribution in [0.5, 0.6) is 0 Å². The molecule has 0 aromatic carbocycles. The van der Waals surface area contributed by atoms with Crippen molar-refractivity contribution < 1.29 is 0 Å². The van der Waals surface area contributed by atoms with E-state index in [4.69, 9.17) is 0 Å². The van der Waals surface area contributed by atoms with Crippen LogP contribution in [-0.4, -0.2) is 32.5 Å². The summed E-state index contributed by atoms with van der Waals surface area (Å²) in [6.07, 6.45) is 13.5. The van der Waals surface area contributed by atoms with Crippen molar-refractivity contribution in [2.24, 2.45) is 0 Å². The first-order valence-corrected chi connectivity index (χ1v) is 9.88. The summed E-state index contributed by atoms with van der Waals surface area (Å²) >= 11 is 3.64. The molecular weight excluding hydrogens is 254 g/mol. The van der Waals surface area contributed by atoms with Crippen LogP contribution in [0.15, 0.2) is 24.3 Å². The molecule has 0 spiro atoms. The SMILES string of the molecule is CCC1CC(CC)[P+]1([Se-])C1C=CC=C1. The Morgan fingerprint density at radius 2 is 1.64 bits per heavy atom. The fourth-order valence-electron chi connectivity index (χ4n) is 2.88. The molecule has 2 atom stereocenters. The van der Waals surface area contributed by atoms with Gasteiger partial charge in [0.05, 0.1) is 0 Å². The third kappa shape index (κ3) is 1.45. The van der Waals surface area contributed by atoms with E-state index < -0.39 is 5.95 Å². The fraction of sp³-hybridized carbons (Fsp3) is 0.667. The molecule has 14 heavy (non-hydrogen) atoms. The predicted octanol–water partition coefficient (Wildman–Crippen LogP) is 3.54. The van der Waals surface area contributed by atoms with Crippen molar-refractivity contribution in [3.05, 3.63) is 24.3 Å². The fourth-order valence-corrected chi connectivity index (χ4v) is 11.0. The Kier molecular flexibility index (Phi) is 3.22. The third-order valence-corrected chi connectivity index (χ3v) is 13.8. The molecule has 2 heteroatoms. The summed E-state index contributed by atoms with van der Waals surface area (Å²) in [4.78, 5) is 0. The van der Waals surface area contributed by atoms with Crippen molar-refractivity contribution in [3.63, 3.8) is 0 Å². The van der Waals surface area contributed by atoms with E-state index in [1.165, 1.54) is 19.3 Å². The molecule has 0 saturated carbocycles. The van der Waals surface area contributed by atoms with E-state index >= 15 is 0 Å². The van der Waals surface area contributed by atoms with Gasteiger partial charge in [-0.2, -0.15) is 0 Å². The number of allylic oxidation sites excluding steroid dienone is 4. The van der Waals surface area contributed by atoms with E-state index in [1.807, 2.05) is 0 Å². The van der Waals surface area contributed by atoms with E-state index in [0.717, 1.165) is 17.0 Å². The van der Waals surface area contributed by atoms with Gasteiger partial charge in [-0.25, -0.2) is 0 Å². The monoisotopic (exact) mass is 274 g/mol. The second-order valence-electron chi connectivity index (χ2n) is 4.38. The molecule has 1 saturated heterocycles. The van der Waals surface area contributed by atoms with Gasteiger partial charge in [0.2, 0.25) is 0 Å². The van der Waals surface area contributed by atoms with Gasteiger partial charge in [-0.15, -0.1) is 0 Å². The van der Waals surface area contributed by atoms with Crippen LogP contribution in [0, 0.1) is 0 Å². The molecule has 1 fully saturated rings. The summed E-state index contributed by atoms with van der Waals surface area (Å²) in [7, 11) is 0. The van der Waals surface area contributed by atoms with E-state index in [1.54, 1.807) is 0 Å². The minimum atomic E-state index is -0.809. The normalized spacial score (nSPS) is 41.6. The maximum atomic E-state index is 3.64. The van der Waals surface area contributed by atoms with E-state index in [2.05, 4.69) is 53.7 Å². The molecule has 1 heterocycles.